The Bertz CT molecular complexity index is 500. The quantitative estimate of drug-likeness (QED) is 0.767. The molecule has 2 nitrogen and oxygen atoms in total. The van der Waals surface area contributed by atoms with Gasteiger partial charge in [-0.05, 0) is 99.2 Å². The van der Waals surface area contributed by atoms with Crippen LogP contribution in [-0.2, 0) is 4.79 Å². The number of carbonyl (C=O) groups is 1. The lowest BCUT2D eigenvalue weighted by Gasteiger charge is -2.60. The lowest BCUT2D eigenvalue weighted by atomic mass is 9.44. The number of aliphatic hydroxyl groups excluding tert-OH is 1. The van der Waals surface area contributed by atoms with Crippen LogP contribution in [0, 0.1) is 40.4 Å². The van der Waals surface area contributed by atoms with Crippen molar-refractivity contribution < 1.29 is 9.90 Å². The molecule has 4 saturated carbocycles. The number of Topliss-reactive ketones (excluding diaryl/α,β-unsaturated/α-hetero) is 1. The predicted octanol–water partition coefficient (Wildman–Crippen LogP) is 4.60. The van der Waals surface area contributed by atoms with Gasteiger partial charge in [-0.1, -0.05) is 13.8 Å². The van der Waals surface area contributed by atoms with Crippen LogP contribution in [0.15, 0.2) is 0 Å². The lowest BCUT2D eigenvalue weighted by Crippen LogP contribution is -2.54. The zero-order chi connectivity index (χ0) is 16.4. The molecule has 8 atom stereocenters. The summed E-state index contributed by atoms with van der Waals surface area (Å²) < 4.78 is 0. The van der Waals surface area contributed by atoms with Crippen molar-refractivity contribution in [2.24, 2.45) is 40.4 Å². The van der Waals surface area contributed by atoms with Crippen LogP contribution in [0.4, 0.5) is 0 Å². The number of hydrogen-bond acceptors (Lipinski definition) is 2. The summed E-state index contributed by atoms with van der Waals surface area (Å²) in [6.45, 7) is 6.80. The first kappa shape index (κ1) is 16.1. The van der Waals surface area contributed by atoms with Gasteiger partial charge < -0.3 is 5.11 Å². The van der Waals surface area contributed by atoms with Crippen LogP contribution >= 0.6 is 0 Å². The summed E-state index contributed by atoms with van der Waals surface area (Å²) >= 11 is 0. The Morgan fingerprint density at radius 3 is 2.35 bits per heavy atom. The second-order valence-corrected chi connectivity index (χ2v) is 9.87. The molecule has 1 N–H and O–H groups in total. The first-order chi connectivity index (χ1) is 10.9. The SMILES string of the molecule is CC(=O)[C@H]1CC[C@H]2[C@@H]3CC[C@H]4C[C@H](O)CC[C@]4(C)C3CC[C@]12C. The van der Waals surface area contributed by atoms with Gasteiger partial charge in [0.1, 0.15) is 5.78 Å². The highest BCUT2D eigenvalue weighted by atomic mass is 16.3. The van der Waals surface area contributed by atoms with Gasteiger partial charge in [-0.3, -0.25) is 4.79 Å². The van der Waals surface area contributed by atoms with Gasteiger partial charge in [0.15, 0.2) is 0 Å². The van der Waals surface area contributed by atoms with Crippen molar-refractivity contribution in [2.75, 3.05) is 0 Å². The Morgan fingerprint density at radius 2 is 1.61 bits per heavy atom. The number of fused-ring (bicyclic) bond motifs is 5. The van der Waals surface area contributed by atoms with Gasteiger partial charge in [0.25, 0.3) is 0 Å². The fraction of sp³-hybridized carbons (Fsp3) is 0.952. The third-order valence-corrected chi connectivity index (χ3v) is 9.13. The van der Waals surface area contributed by atoms with Crippen molar-refractivity contribution in [3.63, 3.8) is 0 Å². The first-order valence-corrected chi connectivity index (χ1v) is 10.0. The third-order valence-electron chi connectivity index (χ3n) is 9.13. The highest BCUT2D eigenvalue weighted by molar-refractivity contribution is 5.79. The van der Waals surface area contributed by atoms with Crippen molar-refractivity contribution in [2.45, 2.75) is 84.7 Å². The van der Waals surface area contributed by atoms with Crippen LogP contribution < -0.4 is 0 Å². The molecule has 1 unspecified atom stereocenters. The van der Waals surface area contributed by atoms with Gasteiger partial charge in [0, 0.05) is 5.92 Å². The summed E-state index contributed by atoms with van der Waals surface area (Å²) in [5, 5.41) is 10.1. The van der Waals surface area contributed by atoms with Gasteiger partial charge in [-0.25, -0.2) is 0 Å². The molecule has 0 saturated heterocycles. The number of rotatable bonds is 1. The minimum atomic E-state index is -0.0490. The van der Waals surface area contributed by atoms with E-state index < -0.39 is 0 Å². The van der Waals surface area contributed by atoms with Crippen molar-refractivity contribution in [3.8, 4) is 0 Å². The smallest absolute Gasteiger partial charge is 0.133 e. The number of hydrogen-bond donors (Lipinski definition) is 1. The van der Waals surface area contributed by atoms with Crippen molar-refractivity contribution in [1.29, 1.82) is 0 Å². The van der Waals surface area contributed by atoms with Gasteiger partial charge in [0.05, 0.1) is 6.10 Å². The van der Waals surface area contributed by atoms with E-state index in [0.717, 1.165) is 42.9 Å². The van der Waals surface area contributed by atoms with Crippen LogP contribution in [0.1, 0.15) is 78.6 Å². The monoisotopic (exact) mass is 318 g/mol. The van der Waals surface area contributed by atoms with Gasteiger partial charge >= 0.3 is 0 Å². The molecule has 0 aliphatic heterocycles. The Hall–Kier alpha value is -0.370. The van der Waals surface area contributed by atoms with E-state index in [1.807, 2.05) is 6.92 Å². The molecular weight excluding hydrogens is 284 g/mol. The molecule has 4 aliphatic rings. The molecule has 4 fully saturated rings. The summed E-state index contributed by atoms with van der Waals surface area (Å²) in [6.07, 6.45) is 10.9. The maximum atomic E-state index is 12.2. The molecule has 0 aromatic rings. The lowest BCUT2D eigenvalue weighted by molar-refractivity contribution is -0.138. The minimum Gasteiger partial charge on any atom is -0.393 e. The molecule has 0 radical (unpaired) electrons. The molecular formula is C21H34O2. The molecule has 0 spiro atoms. The molecule has 0 bridgehead atoms. The normalized spacial score (nSPS) is 55.7. The minimum absolute atomic E-state index is 0.0490. The molecule has 23 heavy (non-hydrogen) atoms. The van der Waals surface area contributed by atoms with E-state index >= 15 is 0 Å². The third kappa shape index (κ3) is 2.19. The Kier molecular flexibility index (Phi) is 3.72. The number of aliphatic hydroxyl groups is 1. The van der Waals surface area contributed by atoms with E-state index in [4.69, 9.17) is 0 Å². The van der Waals surface area contributed by atoms with E-state index in [1.165, 1.54) is 38.5 Å². The van der Waals surface area contributed by atoms with Crippen LogP contribution in [0.3, 0.4) is 0 Å². The van der Waals surface area contributed by atoms with Crippen LogP contribution in [0.5, 0.6) is 0 Å². The number of carbonyl (C=O) groups excluding carboxylic acids is 1. The van der Waals surface area contributed by atoms with Crippen molar-refractivity contribution in [3.05, 3.63) is 0 Å². The van der Waals surface area contributed by atoms with E-state index in [1.54, 1.807) is 0 Å². The summed E-state index contributed by atoms with van der Waals surface area (Å²) in [6, 6.07) is 0. The summed E-state index contributed by atoms with van der Waals surface area (Å²) in [4.78, 5) is 12.2. The van der Waals surface area contributed by atoms with E-state index in [-0.39, 0.29) is 11.5 Å². The highest BCUT2D eigenvalue weighted by Crippen LogP contribution is 2.67. The maximum Gasteiger partial charge on any atom is 0.133 e. The van der Waals surface area contributed by atoms with Crippen molar-refractivity contribution >= 4 is 5.78 Å². The highest BCUT2D eigenvalue weighted by Gasteiger charge is 2.60. The fourth-order valence-corrected chi connectivity index (χ4v) is 7.90. The molecule has 4 rings (SSSR count). The molecule has 0 amide bonds. The zero-order valence-electron chi connectivity index (χ0n) is 15.2. The van der Waals surface area contributed by atoms with Crippen molar-refractivity contribution in [1.82, 2.24) is 0 Å². The Labute approximate surface area is 141 Å². The Balaban J connectivity index is 1.61. The first-order valence-electron chi connectivity index (χ1n) is 10.0. The maximum absolute atomic E-state index is 12.2. The number of ketones is 1. The molecule has 130 valence electrons. The van der Waals surface area contributed by atoms with Gasteiger partial charge in [-0.2, -0.15) is 0 Å². The van der Waals surface area contributed by atoms with E-state index in [9.17, 15) is 9.90 Å². The molecule has 0 aromatic heterocycles. The molecule has 0 aromatic carbocycles. The molecule has 4 aliphatic carbocycles. The predicted molar refractivity (Wildman–Crippen MR) is 91.9 cm³/mol. The molecule has 2 heteroatoms. The van der Waals surface area contributed by atoms with E-state index in [2.05, 4.69) is 13.8 Å². The van der Waals surface area contributed by atoms with Crippen LogP contribution in [0.2, 0.25) is 0 Å². The molecule has 0 heterocycles. The van der Waals surface area contributed by atoms with Crippen LogP contribution in [-0.4, -0.2) is 17.0 Å². The average Bonchev–Trinajstić information content (AvgIpc) is 2.85. The van der Waals surface area contributed by atoms with Gasteiger partial charge in [-0.15, -0.1) is 0 Å². The Morgan fingerprint density at radius 1 is 0.913 bits per heavy atom. The van der Waals surface area contributed by atoms with Crippen LogP contribution in [0.25, 0.3) is 0 Å². The standard InChI is InChI=1S/C21H34O2/c1-13(22)17-6-7-18-16-5-4-14-12-15(23)8-10-20(14,2)19(16)9-11-21(17,18)3/h14-19,23H,4-12H2,1-3H3/t14-,15+,16-,17+,18-,19?,20-,21+/m0/s1. The second-order valence-electron chi connectivity index (χ2n) is 9.87. The van der Waals surface area contributed by atoms with Gasteiger partial charge in [0.2, 0.25) is 0 Å². The topological polar surface area (TPSA) is 37.3 Å². The average molecular weight is 319 g/mol. The summed E-state index contributed by atoms with van der Waals surface area (Å²) in [5.74, 6) is 3.97. The summed E-state index contributed by atoms with van der Waals surface area (Å²) in [5.41, 5.74) is 0.738. The summed E-state index contributed by atoms with van der Waals surface area (Å²) in [7, 11) is 0. The van der Waals surface area contributed by atoms with E-state index in [0.29, 0.717) is 17.1 Å². The zero-order valence-corrected chi connectivity index (χ0v) is 15.2. The fourth-order valence-electron chi connectivity index (χ4n) is 7.90. The second kappa shape index (κ2) is 5.31. The largest absolute Gasteiger partial charge is 0.393 e.